The van der Waals surface area contributed by atoms with Crippen molar-refractivity contribution >= 4 is 21.5 Å². The zero-order valence-electron chi connectivity index (χ0n) is 21.2. The van der Waals surface area contributed by atoms with E-state index in [1.165, 1.54) is 0 Å². The molecule has 6 nitrogen and oxygen atoms in total. The lowest BCUT2D eigenvalue weighted by Crippen LogP contribution is -2.50. The number of hydrogen-bond acceptors (Lipinski definition) is 6. The second-order valence-electron chi connectivity index (χ2n) is 9.81. The van der Waals surface area contributed by atoms with Crippen molar-refractivity contribution in [3.8, 4) is 11.5 Å². The van der Waals surface area contributed by atoms with Crippen molar-refractivity contribution in [2.75, 3.05) is 52.5 Å². The first-order chi connectivity index (χ1) is 18.2. The van der Waals surface area contributed by atoms with Crippen molar-refractivity contribution < 1.29 is 19.7 Å². The molecular weight excluding hydrogens is 464 g/mol. The van der Waals surface area contributed by atoms with Crippen LogP contribution in [0.4, 0.5) is 0 Å². The number of ether oxygens (including phenoxy) is 2. The molecule has 0 unspecified atom stereocenters. The number of benzene rings is 4. The molecule has 2 N–H and O–H groups in total. The van der Waals surface area contributed by atoms with Crippen molar-refractivity contribution in [2.24, 2.45) is 0 Å². The molecule has 4 aromatic rings. The Morgan fingerprint density at radius 3 is 1.68 bits per heavy atom. The van der Waals surface area contributed by atoms with E-state index in [1.807, 2.05) is 54.6 Å². The van der Waals surface area contributed by atoms with Crippen LogP contribution in [-0.2, 0) is 0 Å². The van der Waals surface area contributed by atoms with Crippen molar-refractivity contribution in [1.82, 2.24) is 9.80 Å². The molecule has 2 atom stereocenters. The molecule has 1 aliphatic heterocycles. The Labute approximate surface area is 218 Å². The molecule has 0 saturated carbocycles. The number of rotatable bonds is 11. The first-order valence-electron chi connectivity index (χ1n) is 13.2. The van der Waals surface area contributed by atoms with Crippen molar-refractivity contribution in [3.05, 3.63) is 84.9 Å². The quantitative estimate of drug-likeness (QED) is 0.322. The molecule has 0 radical (unpaired) electrons. The first kappa shape index (κ1) is 25.5. The average molecular weight is 501 g/mol. The third-order valence-electron chi connectivity index (χ3n) is 7.04. The molecule has 1 heterocycles. The van der Waals surface area contributed by atoms with E-state index in [9.17, 15) is 10.2 Å². The third kappa shape index (κ3) is 6.79. The minimum Gasteiger partial charge on any atom is -0.493 e. The van der Waals surface area contributed by atoms with Gasteiger partial charge < -0.3 is 19.7 Å². The number of aliphatic hydroxyl groups is 2. The zero-order chi connectivity index (χ0) is 25.5. The monoisotopic (exact) mass is 500 g/mol. The van der Waals surface area contributed by atoms with Gasteiger partial charge in [-0.05, 0) is 22.9 Å². The van der Waals surface area contributed by atoms with E-state index in [0.29, 0.717) is 26.1 Å². The number of hydrogen-bond donors (Lipinski definition) is 2. The highest BCUT2D eigenvalue weighted by Gasteiger charge is 2.21. The third-order valence-corrected chi connectivity index (χ3v) is 7.04. The Balaban J connectivity index is 1.00. The van der Waals surface area contributed by atoms with E-state index in [0.717, 1.165) is 59.2 Å². The topological polar surface area (TPSA) is 65.4 Å². The van der Waals surface area contributed by atoms with Gasteiger partial charge in [0.05, 0.1) is 12.7 Å². The predicted molar refractivity (Wildman–Crippen MR) is 148 cm³/mol. The molecule has 0 aliphatic carbocycles. The van der Waals surface area contributed by atoms with Gasteiger partial charge in [0.25, 0.3) is 0 Å². The Morgan fingerprint density at radius 2 is 1.08 bits per heavy atom. The summed E-state index contributed by atoms with van der Waals surface area (Å²) in [6, 6.07) is 28.3. The number of piperazine rings is 1. The minimum atomic E-state index is -0.553. The second kappa shape index (κ2) is 12.4. The van der Waals surface area contributed by atoms with E-state index >= 15 is 0 Å². The van der Waals surface area contributed by atoms with Crippen molar-refractivity contribution in [2.45, 2.75) is 18.6 Å². The van der Waals surface area contributed by atoms with Crippen molar-refractivity contribution in [1.29, 1.82) is 0 Å². The Morgan fingerprint density at radius 1 is 0.595 bits per heavy atom. The summed E-state index contributed by atoms with van der Waals surface area (Å²) in [5, 5.41) is 25.6. The molecule has 0 bridgehead atoms. The normalized spacial score (nSPS) is 16.6. The average Bonchev–Trinajstić information content (AvgIpc) is 2.93. The Hall–Kier alpha value is -3.16. The van der Waals surface area contributed by atoms with Gasteiger partial charge in [-0.1, -0.05) is 72.8 Å². The van der Waals surface area contributed by atoms with Gasteiger partial charge in [0.15, 0.2) is 0 Å². The fourth-order valence-electron chi connectivity index (χ4n) is 5.03. The van der Waals surface area contributed by atoms with Crippen LogP contribution in [-0.4, -0.2) is 84.7 Å². The SMILES string of the molecule is O[C@H](COc1cccc2ccccc12)CN1CCN(C[C@@H](O)CCOc2cccc3ccccc23)CC1. The van der Waals surface area contributed by atoms with E-state index in [2.05, 4.69) is 40.1 Å². The second-order valence-corrected chi connectivity index (χ2v) is 9.81. The van der Waals surface area contributed by atoms with Crippen LogP contribution >= 0.6 is 0 Å². The highest BCUT2D eigenvalue weighted by atomic mass is 16.5. The molecule has 0 amide bonds. The predicted octanol–water partition coefficient (Wildman–Crippen LogP) is 4.18. The van der Waals surface area contributed by atoms with Gasteiger partial charge in [-0.3, -0.25) is 9.80 Å². The number of fused-ring (bicyclic) bond motifs is 2. The summed E-state index contributed by atoms with van der Waals surface area (Å²) in [4.78, 5) is 4.56. The van der Waals surface area contributed by atoms with Crippen LogP contribution in [0.25, 0.3) is 21.5 Å². The molecule has 37 heavy (non-hydrogen) atoms. The van der Waals surface area contributed by atoms with Crippen LogP contribution < -0.4 is 9.47 Å². The Kier molecular flexibility index (Phi) is 8.53. The summed E-state index contributed by atoms with van der Waals surface area (Å²) in [5.41, 5.74) is 0. The lowest BCUT2D eigenvalue weighted by atomic mass is 10.1. The summed E-state index contributed by atoms with van der Waals surface area (Å²) in [6.07, 6.45) is -0.392. The van der Waals surface area contributed by atoms with E-state index in [-0.39, 0.29) is 6.61 Å². The minimum absolute atomic E-state index is 0.267. The summed E-state index contributed by atoms with van der Waals surface area (Å²) in [6.45, 7) is 5.45. The molecule has 0 aromatic heterocycles. The molecular formula is C31H36N2O4. The van der Waals surface area contributed by atoms with Gasteiger partial charge in [0, 0.05) is 56.5 Å². The smallest absolute Gasteiger partial charge is 0.127 e. The number of nitrogens with zero attached hydrogens (tertiary/aromatic N) is 2. The fourth-order valence-corrected chi connectivity index (χ4v) is 5.03. The van der Waals surface area contributed by atoms with Crippen LogP contribution in [0.1, 0.15) is 6.42 Å². The van der Waals surface area contributed by atoms with Gasteiger partial charge in [0.1, 0.15) is 24.2 Å². The van der Waals surface area contributed by atoms with Crippen LogP contribution in [0.2, 0.25) is 0 Å². The Bertz CT molecular complexity index is 1280. The lowest BCUT2D eigenvalue weighted by Gasteiger charge is -2.36. The van der Waals surface area contributed by atoms with Crippen LogP contribution in [0.15, 0.2) is 84.9 Å². The van der Waals surface area contributed by atoms with Gasteiger partial charge in [0.2, 0.25) is 0 Å². The summed E-state index contributed by atoms with van der Waals surface area (Å²) in [5.74, 6) is 1.67. The molecule has 6 heteroatoms. The highest BCUT2D eigenvalue weighted by molar-refractivity contribution is 5.88. The van der Waals surface area contributed by atoms with E-state index in [4.69, 9.17) is 9.47 Å². The molecule has 1 saturated heterocycles. The maximum absolute atomic E-state index is 10.6. The summed E-state index contributed by atoms with van der Waals surface area (Å²) < 4.78 is 11.9. The molecule has 1 aliphatic rings. The van der Waals surface area contributed by atoms with E-state index < -0.39 is 12.2 Å². The lowest BCUT2D eigenvalue weighted by molar-refractivity contribution is 0.0302. The van der Waals surface area contributed by atoms with Crippen LogP contribution in [0.5, 0.6) is 11.5 Å². The standard InChI is InChI=1S/C31H36N2O4/c34-26(15-20-36-30-13-5-9-24-7-1-3-11-28(24)30)21-32-16-18-33(19-17-32)22-27(35)23-37-31-14-6-10-25-8-2-4-12-29(25)31/h1-14,26-27,34-35H,15-23H2/t26-,27-/m0/s1. The summed E-state index contributed by atoms with van der Waals surface area (Å²) in [7, 11) is 0. The van der Waals surface area contributed by atoms with Crippen LogP contribution in [0.3, 0.4) is 0 Å². The molecule has 4 aromatic carbocycles. The molecule has 5 rings (SSSR count). The summed E-state index contributed by atoms with van der Waals surface area (Å²) >= 11 is 0. The van der Waals surface area contributed by atoms with Crippen molar-refractivity contribution in [3.63, 3.8) is 0 Å². The van der Waals surface area contributed by atoms with Gasteiger partial charge in [-0.15, -0.1) is 0 Å². The zero-order valence-corrected chi connectivity index (χ0v) is 21.2. The fraction of sp³-hybridized carbons (Fsp3) is 0.355. The van der Waals surface area contributed by atoms with E-state index in [1.54, 1.807) is 0 Å². The molecule has 0 spiro atoms. The molecule has 194 valence electrons. The van der Waals surface area contributed by atoms with Gasteiger partial charge >= 0.3 is 0 Å². The number of aliphatic hydroxyl groups excluding tert-OH is 2. The largest absolute Gasteiger partial charge is 0.493 e. The van der Waals surface area contributed by atoms with Crippen LogP contribution in [0, 0.1) is 0 Å². The highest BCUT2D eigenvalue weighted by Crippen LogP contribution is 2.26. The first-order valence-corrected chi connectivity index (χ1v) is 13.2. The maximum atomic E-state index is 10.6. The van der Waals surface area contributed by atoms with Gasteiger partial charge in [-0.2, -0.15) is 0 Å². The molecule has 1 fully saturated rings. The van der Waals surface area contributed by atoms with Gasteiger partial charge in [-0.25, -0.2) is 0 Å². The number of β-amino-alcohol motifs (C(OH)–C–C–N with tert-alkyl or cyclic N) is 2. The maximum Gasteiger partial charge on any atom is 0.127 e.